The number of nitrogen functional groups attached to an aromatic ring is 1. The number of nitrogens with one attached hydrogen (secondary N) is 1. The molecule has 0 radical (unpaired) electrons. The number of hydrogen-bond acceptors (Lipinski definition) is 7. The normalized spacial score (nSPS) is 13.2. The van der Waals surface area contributed by atoms with Gasteiger partial charge in [-0.3, -0.25) is 4.72 Å². The molecule has 0 saturated heterocycles. The molecule has 3 rings (SSSR count). The third-order valence-electron chi connectivity index (χ3n) is 4.79. The lowest BCUT2D eigenvalue weighted by atomic mass is 9.98. The molecule has 0 fully saturated rings. The van der Waals surface area contributed by atoms with Crippen molar-refractivity contribution in [3.63, 3.8) is 0 Å². The van der Waals surface area contributed by atoms with Crippen LogP contribution in [0.2, 0.25) is 0 Å². The largest absolute Gasteiger partial charge is 0.368 e. The number of halogens is 1. The van der Waals surface area contributed by atoms with E-state index in [0.717, 1.165) is 5.01 Å². The van der Waals surface area contributed by atoms with Crippen LogP contribution in [0.3, 0.4) is 0 Å². The van der Waals surface area contributed by atoms with E-state index >= 15 is 4.39 Å². The highest BCUT2D eigenvalue weighted by molar-refractivity contribution is 7.93. The Labute approximate surface area is 186 Å². The molecular weight excluding hydrogens is 437 g/mol. The highest BCUT2D eigenvalue weighted by atomic mass is 32.2. The molecule has 0 aliphatic heterocycles. The number of hydrogen-bond donors (Lipinski definition) is 2. The summed E-state index contributed by atoms with van der Waals surface area (Å²) in [6, 6.07) is 6.26. The first-order valence-corrected chi connectivity index (χ1v) is 12.2. The summed E-state index contributed by atoms with van der Waals surface area (Å²) in [5, 5.41) is 0.140. The fraction of sp³-hybridized carbons (Fsp3) is 0.381. The van der Waals surface area contributed by atoms with Crippen LogP contribution in [0.4, 0.5) is 16.0 Å². The fourth-order valence-corrected chi connectivity index (χ4v) is 4.98. The zero-order valence-corrected chi connectivity index (χ0v) is 19.7. The van der Waals surface area contributed by atoms with Gasteiger partial charge in [-0.1, -0.05) is 33.8 Å². The molecule has 3 aromatic rings. The van der Waals surface area contributed by atoms with E-state index in [0.29, 0.717) is 22.7 Å². The maximum absolute atomic E-state index is 15.5. The maximum atomic E-state index is 15.5. The van der Waals surface area contributed by atoms with Gasteiger partial charge >= 0.3 is 0 Å². The molecule has 1 unspecified atom stereocenters. The van der Waals surface area contributed by atoms with Crippen LogP contribution in [0.1, 0.15) is 46.0 Å². The Hall–Kier alpha value is -2.59. The zero-order valence-electron chi connectivity index (χ0n) is 18.1. The van der Waals surface area contributed by atoms with Crippen molar-refractivity contribution >= 4 is 33.0 Å². The van der Waals surface area contributed by atoms with Crippen molar-refractivity contribution in [3.8, 4) is 21.8 Å². The van der Waals surface area contributed by atoms with E-state index < -0.39 is 21.1 Å². The van der Waals surface area contributed by atoms with Gasteiger partial charge in [-0.25, -0.2) is 27.8 Å². The van der Waals surface area contributed by atoms with Crippen LogP contribution >= 0.6 is 11.3 Å². The van der Waals surface area contributed by atoms with E-state index in [1.54, 1.807) is 32.0 Å². The second-order valence-corrected chi connectivity index (χ2v) is 11.4. The van der Waals surface area contributed by atoms with E-state index in [9.17, 15) is 8.42 Å². The number of nitrogens with two attached hydrogens (primary N) is 1. The quantitative estimate of drug-likeness (QED) is 0.542. The third-order valence-corrected chi connectivity index (χ3v) is 8.19. The number of aromatic nitrogens is 3. The van der Waals surface area contributed by atoms with Gasteiger partial charge in [0.05, 0.1) is 32.2 Å². The first-order chi connectivity index (χ1) is 14.4. The first-order valence-electron chi connectivity index (χ1n) is 9.84. The lowest BCUT2D eigenvalue weighted by Crippen LogP contribution is -2.25. The van der Waals surface area contributed by atoms with E-state index in [4.69, 9.17) is 10.7 Å². The highest BCUT2D eigenvalue weighted by Gasteiger charge is 2.27. The minimum Gasteiger partial charge on any atom is -0.368 e. The average Bonchev–Trinajstić information content (AvgIpc) is 3.14. The Morgan fingerprint density at radius 1 is 1.23 bits per heavy atom. The average molecular weight is 464 g/mol. The van der Waals surface area contributed by atoms with Crippen molar-refractivity contribution in [3.05, 3.63) is 41.3 Å². The van der Waals surface area contributed by atoms with Gasteiger partial charge < -0.3 is 5.73 Å². The second-order valence-electron chi connectivity index (χ2n) is 8.28. The Kier molecular flexibility index (Phi) is 6.33. The van der Waals surface area contributed by atoms with Crippen LogP contribution in [-0.2, 0) is 15.4 Å². The molecule has 1 atom stereocenters. The van der Waals surface area contributed by atoms with E-state index in [2.05, 4.69) is 14.7 Å². The molecule has 0 spiro atoms. The van der Waals surface area contributed by atoms with Crippen LogP contribution in [0.25, 0.3) is 21.8 Å². The van der Waals surface area contributed by atoms with Crippen LogP contribution in [0.15, 0.2) is 30.5 Å². The number of benzene rings is 1. The third kappa shape index (κ3) is 4.85. The maximum Gasteiger partial charge on any atom is 0.235 e. The van der Waals surface area contributed by atoms with E-state index in [-0.39, 0.29) is 22.6 Å². The van der Waals surface area contributed by atoms with Crippen molar-refractivity contribution in [2.45, 2.75) is 51.7 Å². The first kappa shape index (κ1) is 23.1. The molecule has 2 heterocycles. The molecule has 3 N–H and O–H groups in total. The van der Waals surface area contributed by atoms with Gasteiger partial charge in [-0.15, -0.1) is 11.3 Å². The van der Waals surface area contributed by atoms with Crippen molar-refractivity contribution in [2.24, 2.45) is 0 Å². The monoisotopic (exact) mass is 463 g/mol. The molecule has 166 valence electrons. The Bertz CT molecular complexity index is 1200. The summed E-state index contributed by atoms with van der Waals surface area (Å²) in [5.41, 5.74) is 6.46. The van der Waals surface area contributed by atoms with Crippen LogP contribution < -0.4 is 10.5 Å². The Morgan fingerprint density at radius 3 is 2.55 bits per heavy atom. The molecule has 0 bridgehead atoms. The molecule has 31 heavy (non-hydrogen) atoms. The topological polar surface area (TPSA) is 111 Å². The Balaban J connectivity index is 2.18. The van der Waals surface area contributed by atoms with Gasteiger partial charge in [-0.05, 0) is 31.5 Å². The van der Waals surface area contributed by atoms with Crippen LogP contribution in [-0.4, -0.2) is 28.6 Å². The number of anilines is 2. The summed E-state index contributed by atoms with van der Waals surface area (Å²) in [7, 11) is -3.72. The van der Waals surface area contributed by atoms with Crippen molar-refractivity contribution in [2.75, 3.05) is 10.5 Å². The fourth-order valence-electron chi connectivity index (χ4n) is 2.76. The van der Waals surface area contributed by atoms with E-state index in [1.165, 1.54) is 23.6 Å². The SMILES string of the molecule is CCC(C)S(=O)(=O)Nc1cccc(-c2nc(C(C)(C)C)sc2-c2ccnc(N)n2)c1F. The van der Waals surface area contributed by atoms with Crippen molar-refractivity contribution in [1.29, 1.82) is 0 Å². The van der Waals surface area contributed by atoms with Gasteiger partial charge in [0.25, 0.3) is 0 Å². The molecule has 0 saturated carbocycles. The summed E-state index contributed by atoms with van der Waals surface area (Å²) < 4.78 is 42.8. The van der Waals surface area contributed by atoms with Crippen molar-refractivity contribution < 1.29 is 12.8 Å². The standard InChI is InChI=1S/C21H26FN5O2S2/c1-6-12(2)31(28,29)27-14-9-7-8-13(16(14)22)17-18(15-10-11-24-20(23)25-15)30-19(26-17)21(3,4)5/h7-12,27H,6H2,1-5H3,(H2,23,24,25). The second kappa shape index (κ2) is 8.51. The molecular formula is C21H26FN5O2S2. The molecule has 10 heteroatoms. The molecule has 0 aliphatic carbocycles. The van der Waals surface area contributed by atoms with Gasteiger partial charge in [0.1, 0.15) is 0 Å². The minimum atomic E-state index is -3.72. The molecule has 1 aromatic carbocycles. The minimum absolute atomic E-state index is 0.102. The summed E-state index contributed by atoms with van der Waals surface area (Å²) in [6.07, 6.45) is 1.95. The van der Waals surface area contributed by atoms with Gasteiger partial charge in [0, 0.05) is 17.2 Å². The predicted octanol–water partition coefficient (Wildman–Crippen LogP) is 4.83. The smallest absolute Gasteiger partial charge is 0.235 e. The number of rotatable bonds is 6. The van der Waals surface area contributed by atoms with Gasteiger partial charge in [0.2, 0.25) is 16.0 Å². The number of nitrogens with zero attached hydrogens (tertiary/aromatic N) is 3. The molecule has 0 aliphatic rings. The van der Waals surface area contributed by atoms with Gasteiger partial charge in [0.15, 0.2) is 5.82 Å². The number of sulfonamides is 1. The lowest BCUT2D eigenvalue weighted by molar-refractivity contribution is 0.584. The molecule has 7 nitrogen and oxygen atoms in total. The predicted molar refractivity (Wildman–Crippen MR) is 124 cm³/mol. The summed E-state index contributed by atoms with van der Waals surface area (Å²) in [5.74, 6) is -0.590. The molecule has 0 amide bonds. The summed E-state index contributed by atoms with van der Waals surface area (Å²) in [6.45, 7) is 9.39. The van der Waals surface area contributed by atoms with Crippen molar-refractivity contribution in [1.82, 2.24) is 15.0 Å². The lowest BCUT2D eigenvalue weighted by Gasteiger charge is -2.15. The van der Waals surface area contributed by atoms with Crippen LogP contribution in [0, 0.1) is 5.82 Å². The molecule has 2 aromatic heterocycles. The number of thiazole rings is 1. The van der Waals surface area contributed by atoms with Crippen LogP contribution in [0.5, 0.6) is 0 Å². The van der Waals surface area contributed by atoms with E-state index in [1.807, 2.05) is 20.8 Å². The summed E-state index contributed by atoms with van der Waals surface area (Å²) >= 11 is 1.40. The highest BCUT2D eigenvalue weighted by Crippen LogP contribution is 2.41. The summed E-state index contributed by atoms with van der Waals surface area (Å²) in [4.78, 5) is 13.5. The Morgan fingerprint density at radius 2 is 1.94 bits per heavy atom. The van der Waals surface area contributed by atoms with Gasteiger partial charge in [-0.2, -0.15) is 0 Å². The zero-order chi connectivity index (χ0) is 23.0.